The van der Waals surface area contributed by atoms with Crippen LogP contribution in [0.2, 0.25) is 0 Å². The van der Waals surface area contributed by atoms with E-state index in [0.717, 1.165) is 25.7 Å². The van der Waals surface area contributed by atoms with Gasteiger partial charge in [-0.05, 0) is 50.4 Å². The fraction of sp³-hybridized carbons (Fsp3) is 0.923. The van der Waals surface area contributed by atoms with Crippen LogP contribution in [-0.4, -0.2) is 11.1 Å². The smallest absolute Gasteiger partial charge is 0.309 e. The molecule has 1 aliphatic rings. The van der Waals surface area contributed by atoms with Crippen molar-refractivity contribution in [3.05, 3.63) is 0 Å². The SMILES string of the molecule is CC(C)CC1(C)CCC(C)(C(=O)O)CC1. The van der Waals surface area contributed by atoms with E-state index in [1.54, 1.807) is 0 Å². The molecule has 0 saturated heterocycles. The highest BCUT2D eigenvalue weighted by Crippen LogP contribution is 2.48. The highest BCUT2D eigenvalue weighted by atomic mass is 16.4. The first-order valence-electron chi connectivity index (χ1n) is 6.01. The van der Waals surface area contributed by atoms with Gasteiger partial charge in [0, 0.05) is 0 Å². The standard InChI is InChI=1S/C13H24O2/c1-10(2)9-12(3)5-7-13(4,8-6-12)11(14)15/h10H,5-9H2,1-4H3,(H,14,15). The van der Waals surface area contributed by atoms with E-state index in [1.807, 2.05) is 6.92 Å². The number of carboxylic acid groups (broad SMARTS) is 1. The average Bonchev–Trinajstić information content (AvgIpc) is 2.09. The van der Waals surface area contributed by atoms with Gasteiger partial charge in [-0.25, -0.2) is 0 Å². The molecule has 0 heterocycles. The molecule has 0 atom stereocenters. The van der Waals surface area contributed by atoms with Crippen molar-refractivity contribution in [2.24, 2.45) is 16.7 Å². The van der Waals surface area contributed by atoms with Crippen LogP contribution in [-0.2, 0) is 4.79 Å². The Kier molecular flexibility index (Phi) is 3.47. The fourth-order valence-corrected chi connectivity index (χ4v) is 2.81. The summed E-state index contributed by atoms with van der Waals surface area (Å²) in [5.74, 6) is 0.0956. The lowest BCUT2D eigenvalue weighted by molar-refractivity contribution is -0.151. The van der Waals surface area contributed by atoms with Crippen molar-refractivity contribution in [2.45, 2.75) is 59.8 Å². The van der Waals surface area contributed by atoms with Gasteiger partial charge in [0.25, 0.3) is 0 Å². The fourth-order valence-electron chi connectivity index (χ4n) is 2.81. The highest BCUT2D eigenvalue weighted by molar-refractivity contribution is 5.74. The van der Waals surface area contributed by atoms with Gasteiger partial charge in [0.05, 0.1) is 5.41 Å². The van der Waals surface area contributed by atoms with Gasteiger partial charge < -0.3 is 5.11 Å². The third-order valence-electron chi connectivity index (χ3n) is 3.98. The minimum atomic E-state index is -0.617. The molecule has 88 valence electrons. The predicted octanol–water partition coefficient (Wildman–Crippen LogP) is 3.70. The average molecular weight is 212 g/mol. The van der Waals surface area contributed by atoms with Crippen LogP contribution in [0.1, 0.15) is 59.8 Å². The molecule has 1 fully saturated rings. The molecular weight excluding hydrogens is 188 g/mol. The Morgan fingerprint density at radius 1 is 1.20 bits per heavy atom. The van der Waals surface area contributed by atoms with Crippen LogP contribution < -0.4 is 0 Å². The summed E-state index contributed by atoms with van der Waals surface area (Å²) in [5.41, 5.74) is -0.0837. The van der Waals surface area contributed by atoms with Crippen molar-refractivity contribution in [2.75, 3.05) is 0 Å². The monoisotopic (exact) mass is 212 g/mol. The molecule has 0 aliphatic heterocycles. The second-order valence-corrected chi connectivity index (χ2v) is 6.27. The van der Waals surface area contributed by atoms with Crippen molar-refractivity contribution in [1.82, 2.24) is 0 Å². The first-order valence-corrected chi connectivity index (χ1v) is 6.01. The first-order chi connectivity index (χ1) is 6.77. The molecule has 2 heteroatoms. The summed E-state index contributed by atoms with van der Waals surface area (Å²) in [6.45, 7) is 8.70. The van der Waals surface area contributed by atoms with Gasteiger partial charge >= 0.3 is 5.97 Å². The molecule has 1 N–H and O–H groups in total. The van der Waals surface area contributed by atoms with Crippen molar-refractivity contribution >= 4 is 5.97 Å². The van der Waals surface area contributed by atoms with Gasteiger partial charge in [-0.2, -0.15) is 0 Å². The summed E-state index contributed by atoms with van der Waals surface area (Å²) in [5, 5.41) is 9.15. The Morgan fingerprint density at radius 3 is 2.00 bits per heavy atom. The Morgan fingerprint density at radius 2 is 1.67 bits per heavy atom. The number of aliphatic carboxylic acids is 1. The number of carbonyl (C=O) groups is 1. The lowest BCUT2D eigenvalue weighted by Gasteiger charge is -2.41. The van der Waals surface area contributed by atoms with Gasteiger partial charge in [0.2, 0.25) is 0 Å². The zero-order valence-corrected chi connectivity index (χ0v) is 10.5. The Balaban J connectivity index is 2.58. The van der Waals surface area contributed by atoms with E-state index in [9.17, 15) is 4.79 Å². The molecule has 0 aromatic rings. The predicted molar refractivity (Wildman–Crippen MR) is 61.8 cm³/mol. The Bertz CT molecular complexity index is 235. The molecule has 0 radical (unpaired) electrons. The largest absolute Gasteiger partial charge is 0.481 e. The van der Waals surface area contributed by atoms with Gasteiger partial charge in [-0.15, -0.1) is 0 Å². The normalized spacial score (nSPS) is 36.9. The topological polar surface area (TPSA) is 37.3 Å². The van der Waals surface area contributed by atoms with Gasteiger partial charge in [-0.3, -0.25) is 4.79 Å². The summed E-state index contributed by atoms with van der Waals surface area (Å²) in [6, 6.07) is 0. The summed E-state index contributed by atoms with van der Waals surface area (Å²) in [6.07, 6.45) is 5.03. The van der Waals surface area contributed by atoms with Crippen LogP contribution in [0.25, 0.3) is 0 Å². The molecule has 2 nitrogen and oxygen atoms in total. The van der Waals surface area contributed by atoms with E-state index in [-0.39, 0.29) is 0 Å². The van der Waals surface area contributed by atoms with Gasteiger partial charge in [0.1, 0.15) is 0 Å². The van der Waals surface area contributed by atoms with E-state index in [4.69, 9.17) is 5.11 Å². The second-order valence-electron chi connectivity index (χ2n) is 6.27. The second kappa shape index (κ2) is 4.15. The third kappa shape index (κ3) is 2.96. The summed E-state index contributed by atoms with van der Waals surface area (Å²) in [4.78, 5) is 11.1. The quantitative estimate of drug-likeness (QED) is 0.774. The van der Waals surface area contributed by atoms with Crippen LogP contribution in [0.5, 0.6) is 0 Å². The van der Waals surface area contributed by atoms with Gasteiger partial charge in [-0.1, -0.05) is 20.8 Å². The molecule has 15 heavy (non-hydrogen) atoms. The number of hydrogen-bond acceptors (Lipinski definition) is 1. The zero-order valence-electron chi connectivity index (χ0n) is 10.5. The molecule has 0 spiro atoms. The molecule has 1 saturated carbocycles. The summed E-state index contributed by atoms with van der Waals surface area (Å²) < 4.78 is 0. The van der Waals surface area contributed by atoms with Crippen LogP contribution in [0.15, 0.2) is 0 Å². The zero-order chi connectivity index (χ0) is 11.7. The highest BCUT2D eigenvalue weighted by Gasteiger charge is 2.41. The van der Waals surface area contributed by atoms with E-state index in [0.29, 0.717) is 11.3 Å². The van der Waals surface area contributed by atoms with E-state index >= 15 is 0 Å². The number of rotatable bonds is 3. The lowest BCUT2D eigenvalue weighted by Crippen LogP contribution is -2.36. The molecule has 0 aromatic carbocycles. The maximum atomic E-state index is 11.1. The van der Waals surface area contributed by atoms with Crippen molar-refractivity contribution in [3.63, 3.8) is 0 Å². The van der Waals surface area contributed by atoms with E-state index in [1.165, 1.54) is 6.42 Å². The van der Waals surface area contributed by atoms with Crippen molar-refractivity contribution in [3.8, 4) is 0 Å². The molecule has 0 unspecified atom stereocenters. The molecule has 0 bridgehead atoms. The lowest BCUT2D eigenvalue weighted by atomic mass is 9.63. The maximum Gasteiger partial charge on any atom is 0.309 e. The molecule has 0 amide bonds. The number of carboxylic acids is 1. The third-order valence-corrected chi connectivity index (χ3v) is 3.98. The Hall–Kier alpha value is -0.530. The van der Waals surface area contributed by atoms with Crippen LogP contribution in [0, 0.1) is 16.7 Å². The molecule has 1 aliphatic carbocycles. The number of hydrogen-bond donors (Lipinski definition) is 1. The van der Waals surface area contributed by atoms with Crippen LogP contribution in [0.3, 0.4) is 0 Å². The minimum Gasteiger partial charge on any atom is -0.481 e. The van der Waals surface area contributed by atoms with Crippen LogP contribution >= 0.6 is 0 Å². The summed E-state index contributed by atoms with van der Waals surface area (Å²) >= 11 is 0. The first kappa shape index (κ1) is 12.5. The summed E-state index contributed by atoms with van der Waals surface area (Å²) in [7, 11) is 0. The van der Waals surface area contributed by atoms with Crippen LogP contribution in [0.4, 0.5) is 0 Å². The van der Waals surface area contributed by atoms with E-state index < -0.39 is 11.4 Å². The molecule has 1 rings (SSSR count). The maximum absolute atomic E-state index is 11.1. The molecular formula is C13H24O2. The van der Waals surface area contributed by atoms with Crippen molar-refractivity contribution < 1.29 is 9.90 Å². The van der Waals surface area contributed by atoms with Crippen molar-refractivity contribution in [1.29, 1.82) is 0 Å². The minimum absolute atomic E-state index is 0.378. The Labute approximate surface area is 93.1 Å². The molecule has 0 aromatic heterocycles. The van der Waals surface area contributed by atoms with E-state index in [2.05, 4.69) is 20.8 Å². The van der Waals surface area contributed by atoms with Gasteiger partial charge in [0.15, 0.2) is 0 Å².